The van der Waals surface area contributed by atoms with Crippen LogP contribution in [0.25, 0.3) is 0 Å². The molecule has 0 bridgehead atoms. The molecule has 1 fully saturated rings. The minimum absolute atomic E-state index is 0.00491. The van der Waals surface area contributed by atoms with Gasteiger partial charge in [-0.1, -0.05) is 6.07 Å². The van der Waals surface area contributed by atoms with Gasteiger partial charge in [-0.25, -0.2) is 8.78 Å². The van der Waals surface area contributed by atoms with E-state index in [9.17, 15) is 13.6 Å². The fourth-order valence-electron chi connectivity index (χ4n) is 2.05. The van der Waals surface area contributed by atoms with E-state index in [2.05, 4.69) is 5.32 Å². The van der Waals surface area contributed by atoms with Gasteiger partial charge in [0.2, 0.25) is 5.91 Å². The smallest absolute Gasteiger partial charge is 0.223 e. The van der Waals surface area contributed by atoms with E-state index < -0.39 is 23.7 Å². The molecule has 0 radical (unpaired) electrons. The Hall–Kier alpha value is -1.49. The van der Waals surface area contributed by atoms with Crippen LogP contribution in [0.4, 0.5) is 8.78 Å². The van der Waals surface area contributed by atoms with Crippen LogP contribution in [0.5, 0.6) is 0 Å². The lowest BCUT2D eigenvalue weighted by Gasteiger charge is -2.07. The number of nitrogens with one attached hydrogen (secondary N) is 1. The van der Waals surface area contributed by atoms with Crippen molar-refractivity contribution in [1.82, 2.24) is 5.32 Å². The highest BCUT2D eigenvalue weighted by Crippen LogP contribution is 2.49. The van der Waals surface area contributed by atoms with Gasteiger partial charge in [-0.3, -0.25) is 4.79 Å². The van der Waals surface area contributed by atoms with Crippen LogP contribution in [-0.2, 0) is 4.79 Å². The van der Waals surface area contributed by atoms with E-state index in [0.717, 1.165) is 0 Å². The molecule has 1 aliphatic rings. The predicted octanol–water partition coefficient (Wildman–Crippen LogP) is 1.57. The number of amides is 1. The lowest BCUT2D eigenvalue weighted by atomic mass is 10.1. The first-order chi connectivity index (χ1) is 8.50. The molecule has 5 heteroatoms. The average molecular weight is 255 g/mol. The van der Waals surface area contributed by atoms with Gasteiger partial charge in [0, 0.05) is 23.9 Å². The Labute approximate surface area is 104 Å². The third-order valence-corrected chi connectivity index (χ3v) is 3.07. The zero-order valence-electron chi connectivity index (χ0n) is 9.99. The highest BCUT2D eigenvalue weighted by atomic mass is 19.1. The molecular formula is C13H15F2NO2. The van der Waals surface area contributed by atoms with Crippen molar-refractivity contribution in [2.24, 2.45) is 5.92 Å². The zero-order valence-corrected chi connectivity index (χ0v) is 9.99. The molecule has 3 atom stereocenters. The Morgan fingerprint density at radius 1 is 1.50 bits per heavy atom. The average Bonchev–Trinajstić information content (AvgIpc) is 3.06. The summed E-state index contributed by atoms with van der Waals surface area (Å²) in [5, 5.41) is 11.6. The molecule has 3 nitrogen and oxygen atoms in total. The maximum absolute atomic E-state index is 13.5. The molecule has 0 aromatic heterocycles. The molecule has 1 aromatic carbocycles. The topological polar surface area (TPSA) is 49.3 Å². The van der Waals surface area contributed by atoms with Gasteiger partial charge in [0.25, 0.3) is 0 Å². The molecular weight excluding hydrogens is 240 g/mol. The van der Waals surface area contributed by atoms with Crippen LogP contribution >= 0.6 is 0 Å². The standard InChI is InChI=1S/C13H15F2NO2/c1-7(17)6-16-13(18)9-5-8(9)12-10(14)3-2-4-11(12)15/h2-4,7-9,17H,5-6H2,1H3,(H,16,18). The monoisotopic (exact) mass is 255 g/mol. The number of aliphatic hydroxyl groups excluding tert-OH is 1. The van der Waals surface area contributed by atoms with Crippen molar-refractivity contribution in [3.8, 4) is 0 Å². The molecule has 2 N–H and O–H groups in total. The first kappa shape index (κ1) is 13.0. The van der Waals surface area contributed by atoms with Gasteiger partial charge in [-0.15, -0.1) is 0 Å². The molecule has 0 aliphatic heterocycles. The molecule has 98 valence electrons. The fraction of sp³-hybridized carbons (Fsp3) is 0.462. The summed E-state index contributed by atoms with van der Waals surface area (Å²) in [5.41, 5.74) is -0.00491. The van der Waals surface area contributed by atoms with Crippen LogP contribution in [0.15, 0.2) is 18.2 Å². The Morgan fingerprint density at radius 2 is 2.11 bits per heavy atom. The molecule has 1 aromatic rings. The number of hydrogen-bond donors (Lipinski definition) is 2. The second kappa shape index (κ2) is 5.02. The number of benzene rings is 1. The van der Waals surface area contributed by atoms with Crippen molar-refractivity contribution in [2.45, 2.75) is 25.4 Å². The highest BCUT2D eigenvalue weighted by molar-refractivity contribution is 5.82. The van der Waals surface area contributed by atoms with Gasteiger partial charge in [0.15, 0.2) is 0 Å². The summed E-state index contributed by atoms with van der Waals surface area (Å²) in [6.07, 6.45) is -0.180. The minimum Gasteiger partial charge on any atom is -0.392 e. The number of carbonyl (C=O) groups excluding carboxylic acids is 1. The Bertz CT molecular complexity index is 442. The number of halogens is 2. The number of rotatable bonds is 4. The summed E-state index contributed by atoms with van der Waals surface area (Å²) in [5.74, 6) is -2.25. The van der Waals surface area contributed by atoms with Crippen molar-refractivity contribution < 1.29 is 18.7 Å². The van der Waals surface area contributed by atoms with Crippen molar-refractivity contribution >= 4 is 5.91 Å². The Balaban J connectivity index is 2.01. The second-order valence-electron chi connectivity index (χ2n) is 4.68. The highest BCUT2D eigenvalue weighted by Gasteiger charge is 2.46. The van der Waals surface area contributed by atoms with Gasteiger partial charge in [-0.05, 0) is 25.5 Å². The van der Waals surface area contributed by atoms with E-state index in [1.54, 1.807) is 6.92 Å². The summed E-state index contributed by atoms with van der Waals surface area (Å²) in [7, 11) is 0. The van der Waals surface area contributed by atoms with E-state index in [1.807, 2.05) is 0 Å². The van der Waals surface area contributed by atoms with Gasteiger partial charge in [0.1, 0.15) is 11.6 Å². The third-order valence-electron chi connectivity index (χ3n) is 3.07. The van der Waals surface area contributed by atoms with Crippen molar-refractivity contribution in [1.29, 1.82) is 0 Å². The summed E-state index contributed by atoms with van der Waals surface area (Å²) < 4.78 is 27.0. The van der Waals surface area contributed by atoms with Crippen molar-refractivity contribution in [3.63, 3.8) is 0 Å². The minimum atomic E-state index is -0.628. The number of aliphatic hydroxyl groups is 1. The summed E-state index contributed by atoms with van der Waals surface area (Å²) >= 11 is 0. The molecule has 3 unspecified atom stereocenters. The first-order valence-electron chi connectivity index (χ1n) is 5.90. The zero-order chi connectivity index (χ0) is 13.3. The number of hydrogen-bond acceptors (Lipinski definition) is 2. The van der Waals surface area contributed by atoms with Crippen LogP contribution < -0.4 is 5.32 Å². The Morgan fingerprint density at radius 3 is 2.67 bits per heavy atom. The second-order valence-corrected chi connectivity index (χ2v) is 4.68. The van der Waals surface area contributed by atoms with Crippen LogP contribution in [0.3, 0.4) is 0 Å². The molecule has 18 heavy (non-hydrogen) atoms. The maximum Gasteiger partial charge on any atom is 0.223 e. The summed E-state index contributed by atoms with van der Waals surface area (Å²) in [6.45, 7) is 1.71. The molecule has 1 saturated carbocycles. The maximum atomic E-state index is 13.5. The predicted molar refractivity (Wildman–Crippen MR) is 61.9 cm³/mol. The fourth-order valence-corrected chi connectivity index (χ4v) is 2.05. The van der Waals surface area contributed by atoms with Gasteiger partial charge in [-0.2, -0.15) is 0 Å². The van der Waals surface area contributed by atoms with Crippen molar-refractivity contribution in [3.05, 3.63) is 35.4 Å². The quantitative estimate of drug-likeness (QED) is 0.858. The molecule has 0 spiro atoms. The molecule has 2 rings (SSSR count). The van der Waals surface area contributed by atoms with E-state index in [1.165, 1.54) is 18.2 Å². The van der Waals surface area contributed by atoms with Crippen molar-refractivity contribution in [2.75, 3.05) is 6.54 Å². The van der Waals surface area contributed by atoms with Gasteiger partial charge < -0.3 is 10.4 Å². The van der Waals surface area contributed by atoms with Crippen LogP contribution in [-0.4, -0.2) is 23.7 Å². The van der Waals surface area contributed by atoms with Crippen LogP contribution in [0.1, 0.15) is 24.8 Å². The number of carbonyl (C=O) groups is 1. The van der Waals surface area contributed by atoms with Crippen LogP contribution in [0, 0.1) is 17.6 Å². The third kappa shape index (κ3) is 2.67. The molecule has 1 aliphatic carbocycles. The van der Waals surface area contributed by atoms with E-state index >= 15 is 0 Å². The van der Waals surface area contributed by atoms with Crippen LogP contribution in [0.2, 0.25) is 0 Å². The lowest BCUT2D eigenvalue weighted by Crippen LogP contribution is -2.32. The Kier molecular flexibility index (Phi) is 3.61. The largest absolute Gasteiger partial charge is 0.392 e. The lowest BCUT2D eigenvalue weighted by molar-refractivity contribution is -0.122. The SMILES string of the molecule is CC(O)CNC(=O)C1CC1c1c(F)cccc1F. The van der Waals surface area contributed by atoms with Gasteiger partial charge in [0.05, 0.1) is 6.10 Å². The first-order valence-corrected chi connectivity index (χ1v) is 5.90. The van der Waals surface area contributed by atoms with E-state index in [-0.39, 0.29) is 23.9 Å². The summed E-state index contributed by atoms with van der Waals surface area (Å²) in [4.78, 5) is 11.6. The van der Waals surface area contributed by atoms with E-state index in [0.29, 0.717) is 6.42 Å². The molecule has 1 amide bonds. The van der Waals surface area contributed by atoms with E-state index in [4.69, 9.17) is 5.11 Å². The molecule has 0 heterocycles. The normalized spacial score (nSPS) is 23.6. The summed E-state index contributed by atoms with van der Waals surface area (Å²) in [6, 6.07) is 3.70. The van der Waals surface area contributed by atoms with Gasteiger partial charge >= 0.3 is 0 Å². The molecule has 0 saturated heterocycles.